The van der Waals surface area contributed by atoms with Gasteiger partial charge in [-0.1, -0.05) is 47.5 Å². The molecule has 0 radical (unpaired) electrons. The summed E-state index contributed by atoms with van der Waals surface area (Å²) < 4.78 is 1.07. The van der Waals surface area contributed by atoms with Crippen molar-refractivity contribution in [1.82, 2.24) is 5.43 Å². The first-order valence-corrected chi connectivity index (χ1v) is 8.44. The Kier molecular flexibility index (Phi) is 6.20. The van der Waals surface area contributed by atoms with E-state index >= 15 is 0 Å². The molecule has 0 fully saturated rings. The van der Waals surface area contributed by atoms with Gasteiger partial charge in [-0.15, -0.1) is 11.8 Å². The maximum Gasteiger partial charge on any atom is 0.0640 e. The third kappa shape index (κ3) is 3.91. The zero-order valence-electron chi connectivity index (χ0n) is 10.4. The summed E-state index contributed by atoms with van der Waals surface area (Å²) in [5, 5.41) is 1.08. The fourth-order valence-electron chi connectivity index (χ4n) is 1.75. The Hall–Kier alpha value is -0.230. The van der Waals surface area contributed by atoms with Crippen LogP contribution in [0.3, 0.4) is 0 Å². The topological polar surface area (TPSA) is 38.0 Å². The predicted octanol–water partition coefficient (Wildman–Crippen LogP) is 5.05. The van der Waals surface area contributed by atoms with E-state index in [4.69, 9.17) is 29.0 Å². The molecule has 1 atom stereocenters. The molecule has 2 rings (SSSR count). The summed E-state index contributed by atoms with van der Waals surface area (Å²) in [5.41, 5.74) is 3.70. The van der Waals surface area contributed by atoms with Crippen molar-refractivity contribution in [3.63, 3.8) is 0 Å². The van der Waals surface area contributed by atoms with Crippen LogP contribution in [0.4, 0.5) is 0 Å². The van der Waals surface area contributed by atoms with Crippen molar-refractivity contribution in [1.29, 1.82) is 0 Å². The zero-order valence-corrected chi connectivity index (χ0v) is 14.4. The molecule has 0 aliphatic carbocycles. The zero-order chi connectivity index (χ0) is 14.5. The molecule has 0 aliphatic rings. The van der Waals surface area contributed by atoms with Crippen LogP contribution in [-0.4, -0.2) is 5.75 Å². The monoisotopic (exact) mass is 390 g/mol. The highest BCUT2D eigenvalue weighted by atomic mass is 79.9. The normalized spacial score (nSPS) is 12.4. The van der Waals surface area contributed by atoms with Crippen LogP contribution in [0.5, 0.6) is 0 Å². The summed E-state index contributed by atoms with van der Waals surface area (Å²) in [6, 6.07) is 13.6. The highest BCUT2D eigenvalue weighted by Gasteiger charge is 2.15. The number of nitrogens with two attached hydrogens (primary N) is 1. The second kappa shape index (κ2) is 7.69. The molecule has 0 heterocycles. The molecule has 0 amide bonds. The van der Waals surface area contributed by atoms with Gasteiger partial charge in [-0.3, -0.25) is 11.3 Å². The molecule has 2 nitrogen and oxygen atoms in total. The van der Waals surface area contributed by atoms with Crippen LogP contribution < -0.4 is 11.3 Å². The maximum absolute atomic E-state index is 6.23. The first-order chi connectivity index (χ1) is 9.63. The number of thioether (sulfide) groups is 1. The van der Waals surface area contributed by atoms with E-state index < -0.39 is 0 Å². The van der Waals surface area contributed by atoms with Gasteiger partial charge in [0, 0.05) is 15.1 Å². The molecule has 3 N–H and O–H groups in total. The summed E-state index contributed by atoms with van der Waals surface area (Å²) in [7, 11) is 0. The fraction of sp³-hybridized carbons (Fsp3) is 0.143. The molecule has 20 heavy (non-hydrogen) atoms. The van der Waals surface area contributed by atoms with E-state index in [1.807, 2.05) is 30.3 Å². The molecule has 0 saturated carbocycles. The van der Waals surface area contributed by atoms with E-state index in [-0.39, 0.29) is 6.04 Å². The minimum absolute atomic E-state index is 0.0710. The summed E-state index contributed by atoms with van der Waals surface area (Å²) in [6.07, 6.45) is 0. The molecule has 2 aromatic carbocycles. The lowest BCUT2D eigenvalue weighted by atomic mass is 10.1. The first kappa shape index (κ1) is 16.1. The molecule has 0 bridgehead atoms. The SMILES string of the molecule is NNC(CSc1ccccc1Br)c1cccc(Cl)c1Cl. The van der Waals surface area contributed by atoms with Gasteiger partial charge in [-0.05, 0) is 39.7 Å². The number of hydrogen-bond donors (Lipinski definition) is 2. The molecule has 106 valence electrons. The number of benzene rings is 2. The molecule has 0 aromatic heterocycles. The summed E-state index contributed by atoms with van der Waals surface area (Å²) in [4.78, 5) is 1.16. The van der Waals surface area contributed by atoms with E-state index in [9.17, 15) is 0 Å². The quantitative estimate of drug-likeness (QED) is 0.425. The Labute approximate surface area is 141 Å². The lowest BCUT2D eigenvalue weighted by Crippen LogP contribution is -2.29. The van der Waals surface area contributed by atoms with Crippen LogP contribution in [0.15, 0.2) is 51.8 Å². The van der Waals surface area contributed by atoms with Crippen LogP contribution in [-0.2, 0) is 0 Å². The van der Waals surface area contributed by atoms with Crippen LogP contribution in [0.1, 0.15) is 11.6 Å². The van der Waals surface area contributed by atoms with E-state index in [1.165, 1.54) is 0 Å². The van der Waals surface area contributed by atoms with Crippen LogP contribution in [0.25, 0.3) is 0 Å². The van der Waals surface area contributed by atoms with E-state index in [0.717, 1.165) is 20.7 Å². The molecule has 0 saturated heterocycles. The Morgan fingerprint density at radius 3 is 2.60 bits per heavy atom. The second-order valence-corrected chi connectivity index (χ2v) is 6.81. The van der Waals surface area contributed by atoms with Gasteiger partial charge < -0.3 is 0 Å². The number of rotatable bonds is 5. The van der Waals surface area contributed by atoms with Gasteiger partial charge in [0.15, 0.2) is 0 Å². The van der Waals surface area contributed by atoms with Gasteiger partial charge in [0.05, 0.1) is 16.1 Å². The van der Waals surface area contributed by atoms with Gasteiger partial charge in [0.2, 0.25) is 0 Å². The molecule has 0 spiro atoms. The summed E-state index contributed by atoms with van der Waals surface area (Å²) in [5.74, 6) is 6.40. The molecule has 1 unspecified atom stereocenters. The second-order valence-electron chi connectivity index (χ2n) is 4.10. The van der Waals surface area contributed by atoms with Crippen LogP contribution in [0, 0.1) is 0 Å². The summed E-state index contributed by atoms with van der Waals surface area (Å²) in [6.45, 7) is 0. The molecule has 0 aliphatic heterocycles. The van der Waals surface area contributed by atoms with Crippen molar-refractivity contribution in [2.45, 2.75) is 10.9 Å². The minimum atomic E-state index is -0.0710. The maximum atomic E-state index is 6.23. The lowest BCUT2D eigenvalue weighted by Gasteiger charge is -2.18. The molecular formula is C14H13BrCl2N2S. The highest BCUT2D eigenvalue weighted by molar-refractivity contribution is 9.10. The van der Waals surface area contributed by atoms with Crippen molar-refractivity contribution >= 4 is 50.9 Å². The largest absolute Gasteiger partial charge is 0.271 e. The van der Waals surface area contributed by atoms with Gasteiger partial charge in [-0.25, -0.2) is 0 Å². The lowest BCUT2D eigenvalue weighted by molar-refractivity contribution is 0.611. The van der Waals surface area contributed by atoms with Crippen molar-refractivity contribution in [3.05, 3.63) is 62.5 Å². The standard InChI is InChI=1S/C14H13BrCl2N2S/c15-10-5-1-2-7-13(10)20-8-12(19-18)9-4-3-6-11(16)14(9)17/h1-7,12,19H,8,18H2. The van der Waals surface area contributed by atoms with Gasteiger partial charge >= 0.3 is 0 Å². The number of hydrogen-bond acceptors (Lipinski definition) is 3. The number of halogens is 3. The third-order valence-electron chi connectivity index (χ3n) is 2.80. The van der Waals surface area contributed by atoms with Crippen molar-refractivity contribution in [2.24, 2.45) is 5.84 Å². The fourth-order valence-corrected chi connectivity index (χ4v) is 3.82. The van der Waals surface area contributed by atoms with Crippen LogP contribution in [0.2, 0.25) is 10.0 Å². The predicted molar refractivity (Wildman–Crippen MR) is 91.4 cm³/mol. The minimum Gasteiger partial charge on any atom is -0.271 e. The van der Waals surface area contributed by atoms with Gasteiger partial charge in [0.25, 0.3) is 0 Å². The number of nitrogens with one attached hydrogen (secondary N) is 1. The average molecular weight is 392 g/mol. The molecule has 2 aromatic rings. The van der Waals surface area contributed by atoms with Crippen molar-refractivity contribution in [2.75, 3.05) is 5.75 Å². The number of hydrazine groups is 1. The Bertz CT molecular complexity index is 595. The Morgan fingerprint density at radius 1 is 1.15 bits per heavy atom. The van der Waals surface area contributed by atoms with E-state index in [1.54, 1.807) is 17.8 Å². The van der Waals surface area contributed by atoms with Gasteiger partial charge in [0.1, 0.15) is 0 Å². The smallest absolute Gasteiger partial charge is 0.0640 e. The average Bonchev–Trinajstić information content (AvgIpc) is 2.45. The van der Waals surface area contributed by atoms with Crippen LogP contribution >= 0.6 is 50.9 Å². The Balaban J connectivity index is 2.14. The van der Waals surface area contributed by atoms with Crippen molar-refractivity contribution < 1.29 is 0 Å². The first-order valence-electron chi connectivity index (χ1n) is 5.91. The third-order valence-corrected chi connectivity index (χ3v) is 5.75. The van der Waals surface area contributed by atoms with Crippen molar-refractivity contribution in [3.8, 4) is 0 Å². The highest BCUT2D eigenvalue weighted by Crippen LogP contribution is 2.34. The van der Waals surface area contributed by atoms with Gasteiger partial charge in [-0.2, -0.15) is 0 Å². The molecular weight excluding hydrogens is 379 g/mol. The molecule has 6 heteroatoms. The summed E-state index contributed by atoms with van der Waals surface area (Å²) >= 11 is 17.5. The van der Waals surface area contributed by atoms with E-state index in [2.05, 4.69) is 27.4 Å². The van der Waals surface area contributed by atoms with E-state index in [0.29, 0.717) is 10.0 Å². The Morgan fingerprint density at radius 2 is 1.90 bits per heavy atom.